The smallest absolute Gasteiger partial charge is 0.141 e. The number of pyridine rings is 1. The summed E-state index contributed by atoms with van der Waals surface area (Å²) in [5, 5.41) is 0.455. The van der Waals surface area contributed by atoms with Gasteiger partial charge in [-0.3, -0.25) is 4.98 Å². The minimum Gasteiger partial charge on any atom is -0.320 e. The van der Waals surface area contributed by atoms with Crippen molar-refractivity contribution < 1.29 is 8.78 Å². The van der Waals surface area contributed by atoms with Crippen LogP contribution < -0.4 is 5.73 Å². The molecule has 5 heteroatoms. The predicted molar refractivity (Wildman–Crippen MR) is 75.5 cm³/mol. The molecule has 0 bridgehead atoms. The van der Waals surface area contributed by atoms with E-state index in [2.05, 4.69) is 4.98 Å². The lowest BCUT2D eigenvalue weighted by Crippen LogP contribution is -2.39. The van der Waals surface area contributed by atoms with Gasteiger partial charge in [0.15, 0.2) is 0 Å². The van der Waals surface area contributed by atoms with Crippen molar-refractivity contribution >= 4 is 11.6 Å². The van der Waals surface area contributed by atoms with Gasteiger partial charge in [-0.1, -0.05) is 18.5 Å². The fourth-order valence-electron chi connectivity index (χ4n) is 2.09. The van der Waals surface area contributed by atoms with Gasteiger partial charge in [0.2, 0.25) is 0 Å². The molecule has 1 atom stereocenters. The van der Waals surface area contributed by atoms with Crippen LogP contribution in [-0.2, 0) is 12.0 Å². The third kappa shape index (κ3) is 3.14. The lowest BCUT2D eigenvalue weighted by molar-refractivity contribution is 0.410. The molecule has 0 aliphatic carbocycles. The molecule has 0 spiro atoms. The highest BCUT2D eigenvalue weighted by Gasteiger charge is 2.28. The number of aromatic nitrogens is 1. The van der Waals surface area contributed by atoms with Crippen LogP contribution in [0.5, 0.6) is 0 Å². The van der Waals surface area contributed by atoms with E-state index in [0.29, 0.717) is 29.1 Å². The van der Waals surface area contributed by atoms with E-state index in [9.17, 15) is 8.78 Å². The lowest BCUT2D eigenvalue weighted by Gasteiger charge is -2.28. The quantitative estimate of drug-likeness (QED) is 0.931. The summed E-state index contributed by atoms with van der Waals surface area (Å²) >= 11 is 6.07. The van der Waals surface area contributed by atoms with Crippen LogP contribution in [0, 0.1) is 11.6 Å². The number of nitrogens with two attached hydrogens (primary N) is 1. The van der Waals surface area contributed by atoms with Gasteiger partial charge in [0.05, 0.1) is 17.4 Å². The van der Waals surface area contributed by atoms with Crippen LogP contribution in [0.3, 0.4) is 0 Å². The van der Waals surface area contributed by atoms with Gasteiger partial charge in [-0.15, -0.1) is 0 Å². The Labute approximate surface area is 121 Å². The highest BCUT2D eigenvalue weighted by atomic mass is 35.5. The highest BCUT2D eigenvalue weighted by Crippen LogP contribution is 2.29. The Kier molecular flexibility index (Phi) is 4.35. The molecule has 0 fully saturated rings. The van der Waals surface area contributed by atoms with E-state index in [4.69, 9.17) is 17.3 Å². The number of nitrogens with zero attached hydrogens (tertiary/aromatic N) is 1. The summed E-state index contributed by atoms with van der Waals surface area (Å²) in [5.74, 6) is -0.786. The normalized spacial score (nSPS) is 14.1. The summed E-state index contributed by atoms with van der Waals surface area (Å²) in [7, 11) is 0. The van der Waals surface area contributed by atoms with Crippen LogP contribution in [0.15, 0.2) is 36.5 Å². The zero-order valence-electron chi connectivity index (χ0n) is 11.0. The molecule has 0 amide bonds. The molecule has 1 heterocycles. The first-order chi connectivity index (χ1) is 9.44. The highest BCUT2D eigenvalue weighted by molar-refractivity contribution is 6.31. The number of hydrogen-bond donors (Lipinski definition) is 1. The Hall–Kier alpha value is -1.52. The second kappa shape index (κ2) is 5.85. The van der Waals surface area contributed by atoms with E-state index >= 15 is 0 Å². The fraction of sp³-hybridized carbons (Fsp3) is 0.267. The van der Waals surface area contributed by atoms with Gasteiger partial charge in [-0.25, -0.2) is 8.78 Å². The molecule has 20 heavy (non-hydrogen) atoms. The summed E-state index contributed by atoms with van der Waals surface area (Å²) in [5.41, 5.74) is 6.71. The van der Waals surface area contributed by atoms with Crippen LogP contribution in [0.4, 0.5) is 8.78 Å². The van der Waals surface area contributed by atoms with Crippen LogP contribution in [0.2, 0.25) is 5.02 Å². The lowest BCUT2D eigenvalue weighted by atomic mass is 9.85. The van der Waals surface area contributed by atoms with Crippen molar-refractivity contribution in [3.63, 3.8) is 0 Å². The zero-order valence-corrected chi connectivity index (χ0v) is 11.8. The van der Waals surface area contributed by atoms with Crippen LogP contribution >= 0.6 is 11.6 Å². The summed E-state index contributed by atoms with van der Waals surface area (Å²) in [6, 6.07) is 7.02. The van der Waals surface area contributed by atoms with Crippen molar-refractivity contribution in [3.05, 3.63) is 64.4 Å². The number of benzene rings is 1. The molecule has 2 nitrogen and oxygen atoms in total. The maximum absolute atomic E-state index is 13.3. The molecule has 2 aromatic rings. The van der Waals surface area contributed by atoms with Gasteiger partial charge in [-0.2, -0.15) is 0 Å². The largest absolute Gasteiger partial charge is 0.320 e. The van der Waals surface area contributed by atoms with E-state index in [-0.39, 0.29) is 5.82 Å². The SMILES string of the molecule is CCC(N)(Cc1cc(F)ccc1Cl)c1ccc(F)cn1. The molecular weight excluding hydrogens is 282 g/mol. The van der Waals surface area contributed by atoms with Gasteiger partial charge >= 0.3 is 0 Å². The summed E-state index contributed by atoms with van der Waals surface area (Å²) < 4.78 is 26.3. The van der Waals surface area contributed by atoms with E-state index in [0.717, 1.165) is 6.20 Å². The average Bonchev–Trinajstić information content (AvgIpc) is 2.43. The molecule has 0 aliphatic rings. The van der Waals surface area contributed by atoms with E-state index in [1.54, 1.807) is 6.07 Å². The molecular formula is C15H15ClF2N2. The third-order valence-corrected chi connectivity index (χ3v) is 3.75. The molecule has 0 saturated heterocycles. The van der Waals surface area contributed by atoms with Crippen molar-refractivity contribution in [2.75, 3.05) is 0 Å². The first kappa shape index (κ1) is 14.9. The Bertz CT molecular complexity index is 601. The van der Waals surface area contributed by atoms with Gasteiger partial charge in [0.25, 0.3) is 0 Å². The first-order valence-corrected chi connectivity index (χ1v) is 6.67. The Balaban J connectivity index is 2.36. The molecule has 1 unspecified atom stereocenters. The van der Waals surface area contributed by atoms with E-state index in [1.165, 1.54) is 24.3 Å². The van der Waals surface area contributed by atoms with Gasteiger partial charge in [-0.05, 0) is 48.7 Å². The minimum atomic E-state index is -0.814. The van der Waals surface area contributed by atoms with Crippen molar-refractivity contribution in [3.8, 4) is 0 Å². The molecule has 0 saturated carbocycles. The summed E-state index contributed by atoms with van der Waals surface area (Å²) in [6.45, 7) is 1.90. The second-order valence-corrected chi connectivity index (χ2v) is 5.19. The monoisotopic (exact) mass is 296 g/mol. The Morgan fingerprint density at radius 3 is 2.50 bits per heavy atom. The Morgan fingerprint density at radius 2 is 1.90 bits per heavy atom. The maximum atomic E-state index is 13.3. The van der Waals surface area contributed by atoms with Gasteiger partial charge in [0.1, 0.15) is 11.6 Å². The molecule has 1 aromatic heterocycles. The molecule has 106 valence electrons. The fourth-order valence-corrected chi connectivity index (χ4v) is 2.27. The topological polar surface area (TPSA) is 38.9 Å². The summed E-state index contributed by atoms with van der Waals surface area (Å²) in [6.07, 6.45) is 2.02. The van der Waals surface area contributed by atoms with Crippen LogP contribution in [0.1, 0.15) is 24.6 Å². The van der Waals surface area contributed by atoms with Crippen molar-refractivity contribution in [2.45, 2.75) is 25.3 Å². The summed E-state index contributed by atoms with van der Waals surface area (Å²) in [4.78, 5) is 4.03. The average molecular weight is 297 g/mol. The molecule has 2 N–H and O–H groups in total. The number of hydrogen-bond acceptors (Lipinski definition) is 2. The van der Waals surface area contributed by atoms with Gasteiger partial charge < -0.3 is 5.73 Å². The Morgan fingerprint density at radius 1 is 1.20 bits per heavy atom. The van der Waals surface area contributed by atoms with Crippen molar-refractivity contribution in [1.82, 2.24) is 4.98 Å². The molecule has 2 rings (SSSR count). The predicted octanol–water partition coefficient (Wildman–Crippen LogP) is 3.82. The molecule has 1 aromatic carbocycles. The minimum absolute atomic E-state index is 0.332. The maximum Gasteiger partial charge on any atom is 0.141 e. The zero-order chi connectivity index (χ0) is 14.8. The number of halogens is 3. The molecule has 0 radical (unpaired) electrons. The second-order valence-electron chi connectivity index (χ2n) is 4.78. The van der Waals surface area contributed by atoms with Crippen molar-refractivity contribution in [1.29, 1.82) is 0 Å². The number of rotatable bonds is 4. The van der Waals surface area contributed by atoms with Gasteiger partial charge in [0, 0.05) is 5.02 Å². The van der Waals surface area contributed by atoms with Crippen LogP contribution in [-0.4, -0.2) is 4.98 Å². The van der Waals surface area contributed by atoms with E-state index in [1.807, 2.05) is 6.92 Å². The first-order valence-electron chi connectivity index (χ1n) is 6.29. The van der Waals surface area contributed by atoms with E-state index < -0.39 is 11.4 Å². The van der Waals surface area contributed by atoms with Crippen LogP contribution in [0.25, 0.3) is 0 Å². The standard InChI is InChI=1S/C15H15ClF2N2/c1-2-15(19,14-6-4-12(18)9-20-14)8-10-7-11(17)3-5-13(10)16/h3-7,9H,2,8,19H2,1H3. The van der Waals surface area contributed by atoms with Crippen molar-refractivity contribution in [2.24, 2.45) is 5.73 Å². The molecule has 0 aliphatic heterocycles. The third-order valence-electron chi connectivity index (χ3n) is 3.38.